The van der Waals surface area contributed by atoms with Crippen LogP contribution < -0.4 is 0 Å². The standard InChI is InChI=1S/C35H71NO2/c1-5-7-9-11-13-15-19-23-28-34(29-24-20-16-14-12-10-8-6-2)30-25-21-17-18-22-26-31-35(37)38-33-27-32-36(3)4/h34H,5-33H2,1-4H3. The molecule has 0 radical (unpaired) electrons. The van der Waals surface area contributed by atoms with Gasteiger partial charge in [-0.25, -0.2) is 0 Å². The molecule has 0 aromatic heterocycles. The minimum absolute atomic E-state index is 0.00600. The van der Waals surface area contributed by atoms with Gasteiger partial charge in [0.05, 0.1) is 6.61 Å². The summed E-state index contributed by atoms with van der Waals surface area (Å²) in [6, 6.07) is 0. The molecule has 0 aromatic carbocycles. The van der Waals surface area contributed by atoms with Crippen LogP contribution >= 0.6 is 0 Å². The molecule has 0 N–H and O–H groups in total. The predicted octanol–water partition coefficient (Wildman–Crippen LogP) is 11.3. The van der Waals surface area contributed by atoms with E-state index in [1.54, 1.807) is 0 Å². The number of carbonyl (C=O) groups excluding carboxylic acids is 1. The summed E-state index contributed by atoms with van der Waals surface area (Å²) in [5.41, 5.74) is 0. The van der Waals surface area contributed by atoms with Gasteiger partial charge in [0.15, 0.2) is 0 Å². The van der Waals surface area contributed by atoms with Gasteiger partial charge in [-0.3, -0.25) is 4.79 Å². The number of carbonyl (C=O) groups is 1. The summed E-state index contributed by atoms with van der Waals surface area (Å²) in [7, 11) is 4.10. The fourth-order valence-corrected chi connectivity index (χ4v) is 5.62. The number of esters is 1. The number of unbranched alkanes of at least 4 members (excludes halogenated alkanes) is 19. The van der Waals surface area contributed by atoms with Gasteiger partial charge in [-0.15, -0.1) is 0 Å². The van der Waals surface area contributed by atoms with E-state index in [0.717, 1.165) is 25.3 Å². The van der Waals surface area contributed by atoms with Crippen LogP contribution in [0.3, 0.4) is 0 Å². The van der Waals surface area contributed by atoms with Gasteiger partial charge in [0.2, 0.25) is 0 Å². The molecule has 0 rings (SSSR count). The van der Waals surface area contributed by atoms with E-state index in [0.29, 0.717) is 13.0 Å². The number of nitrogens with zero attached hydrogens (tertiary/aromatic N) is 1. The summed E-state index contributed by atoms with van der Waals surface area (Å²) in [6.07, 6.45) is 36.5. The van der Waals surface area contributed by atoms with Gasteiger partial charge in [-0.05, 0) is 32.9 Å². The van der Waals surface area contributed by atoms with Crippen LogP contribution in [0.5, 0.6) is 0 Å². The molecule has 0 atom stereocenters. The number of hydrogen-bond acceptors (Lipinski definition) is 3. The van der Waals surface area contributed by atoms with Gasteiger partial charge >= 0.3 is 5.97 Å². The Bertz CT molecular complexity index is 445. The van der Waals surface area contributed by atoms with E-state index < -0.39 is 0 Å². The Morgan fingerprint density at radius 2 is 0.895 bits per heavy atom. The SMILES string of the molecule is CCCCCCCCCCC(CCCCCCCCCC)CCCCCCCCC(=O)OCCCN(C)C. The average molecular weight is 538 g/mol. The monoisotopic (exact) mass is 538 g/mol. The maximum Gasteiger partial charge on any atom is 0.305 e. The van der Waals surface area contributed by atoms with Crippen LogP contribution in [0.1, 0.15) is 187 Å². The summed E-state index contributed by atoms with van der Waals surface area (Å²) in [5, 5.41) is 0. The topological polar surface area (TPSA) is 29.5 Å². The van der Waals surface area contributed by atoms with Crippen molar-refractivity contribution >= 4 is 5.97 Å². The predicted molar refractivity (Wildman–Crippen MR) is 169 cm³/mol. The van der Waals surface area contributed by atoms with E-state index in [1.165, 1.54) is 154 Å². The van der Waals surface area contributed by atoms with E-state index >= 15 is 0 Å². The highest BCUT2D eigenvalue weighted by molar-refractivity contribution is 5.69. The fraction of sp³-hybridized carbons (Fsp3) is 0.971. The highest BCUT2D eigenvalue weighted by atomic mass is 16.5. The summed E-state index contributed by atoms with van der Waals surface area (Å²) in [6.45, 7) is 6.16. The first kappa shape index (κ1) is 37.4. The van der Waals surface area contributed by atoms with Gasteiger partial charge in [0, 0.05) is 13.0 Å². The second-order valence-electron chi connectivity index (χ2n) is 12.4. The molecule has 0 aliphatic carbocycles. The molecule has 0 aromatic rings. The molecular weight excluding hydrogens is 466 g/mol. The van der Waals surface area contributed by atoms with Crippen molar-refractivity contribution in [1.29, 1.82) is 0 Å². The number of ether oxygens (including phenoxy) is 1. The second-order valence-corrected chi connectivity index (χ2v) is 12.4. The molecule has 3 heteroatoms. The van der Waals surface area contributed by atoms with Crippen LogP contribution in [0.2, 0.25) is 0 Å². The Labute approximate surface area is 240 Å². The smallest absolute Gasteiger partial charge is 0.305 e. The summed E-state index contributed by atoms with van der Waals surface area (Å²) in [4.78, 5) is 14.0. The molecule has 0 saturated carbocycles. The molecule has 0 fully saturated rings. The van der Waals surface area contributed by atoms with Crippen LogP contribution in [-0.4, -0.2) is 38.1 Å². The Morgan fingerprint density at radius 1 is 0.526 bits per heavy atom. The Hall–Kier alpha value is -0.570. The molecule has 0 heterocycles. The summed E-state index contributed by atoms with van der Waals surface area (Å²) < 4.78 is 5.34. The molecule has 0 amide bonds. The molecule has 3 nitrogen and oxygen atoms in total. The third kappa shape index (κ3) is 30.0. The van der Waals surface area contributed by atoms with Gasteiger partial charge in [-0.2, -0.15) is 0 Å². The molecule has 0 bridgehead atoms. The van der Waals surface area contributed by atoms with Crippen molar-refractivity contribution in [3.63, 3.8) is 0 Å². The van der Waals surface area contributed by atoms with Crippen LogP contribution in [-0.2, 0) is 9.53 Å². The second kappa shape index (κ2) is 31.0. The number of hydrogen-bond donors (Lipinski definition) is 0. The highest BCUT2D eigenvalue weighted by Gasteiger charge is 2.09. The maximum absolute atomic E-state index is 11.8. The van der Waals surface area contributed by atoms with Crippen molar-refractivity contribution in [2.24, 2.45) is 5.92 Å². The lowest BCUT2D eigenvalue weighted by Gasteiger charge is -2.17. The van der Waals surface area contributed by atoms with Crippen LogP contribution in [0, 0.1) is 5.92 Å². The van der Waals surface area contributed by atoms with E-state index in [-0.39, 0.29) is 5.97 Å². The first-order valence-electron chi connectivity index (χ1n) is 17.4. The van der Waals surface area contributed by atoms with Gasteiger partial charge < -0.3 is 9.64 Å². The van der Waals surface area contributed by atoms with Gasteiger partial charge in [-0.1, -0.05) is 168 Å². The molecule has 38 heavy (non-hydrogen) atoms. The zero-order chi connectivity index (χ0) is 27.9. The summed E-state index contributed by atoms with van der Waals surface area (Å²) in [5.74, 6) is 0.964. The largest absolute Gasteiger partial charge is 0.466 e. The van der Waals surface area contributed by atoms with Crippen molar-refractivity contribution in [2.45, 2.75) is 187 Å². The zero-order valence-corrected chi connectivity index (χ0v) is 26.8. The highest BCUT2D eigenvalue weighted by Crippen LogP contribution is 2.25. The third-order valence-corrected chi connectivity index (χ3v) is 8.19. The van der Waals surface area contributed by atoms with E-state index in [9.17, 15) is 4.79 Å². The van der Waals surface area contributed by atoms with Crippen molar-refractivity contribution < 1.29 is 9.53 Å². The van der Waals surface area contributed by atoms with Crippen molar-refractivity contribution in [2.75, 3.05) is 27.2 Å². The molecule has 0 unspecified atom stereocenters. The van der Waals surface area contributed by atoms with E-state index in [4.69, 9.17) is 4.74 Å². The Balaban J connectivity index is 3.89. The van der Waals surface area contributed by atoms with Crippen molar-refractivity contribution in [3.05, 3.63) is 0 Å². The van der Waals surface area contributed by atoms with Gasteiger partial charge in [0.1, 0.15) is 0 Å². The minimum Gasteiger partial charge on any atom is -0.466 e. The molecule has 0 spiro atoms. The quantitative estimate of drug-likeness (QED) is 0.0650. The lowest BCUT2D eigenvalue weighted by Crippen LogP contribution is -2.16. The normalized spacial score (nSPS) is 11.6. The third-order valence-electron chi connectivity index (χ3n) is 8.19. The minimum atomic E-state index is -0.00600. The van der Waals surface area contributed by atoms with Crippen LogP contribution in [0.25, 0.3) is 0 Å². The maximum atomic E-state index is 11.8. The average Bonchev–Trinajstić information content (AvgIpc) is 2.90. The van der Waals surface area contributed by atoms with Crippen LogP contribution in [0.4, 0.5) is 0 Å². The van der Waals surface area contributed by atoms with Crippen molar-refractivity contribution in [3.8, 4) is 0 Å². The molecule has 228 valence electrons. The van der Waals surface area contributed by atoms with E-state index in [2.05, 4.69) is 32.8 Å². The van der Waals surface area contributed by atoms with Crippen molar-refractivity contribution in [1.82, 2.24) is 4.90 Å². The molecular formula is C35H71NO2. The van der Waals surface area contributed by atoms with Gasteiger partial charge in [0.25, 0.3) is 0 Å². The lowest BCUT2D eigenvalue weighted by atomic mass is 9.89. The first-order chi connectivity index (χ1) is 18.6. The van der Waals surface area contributed by atoms with E-state index in [1.807, 2.05) is 0 Å². The summed E-state index contributed by atoms with van der Waals surface area (Å²) >= 11 is 0. The number of rotatable bonds is 31. The first-order valence-corrected chi connectivity index (χ1v) is 17.4. The fourth-order valence-electron chi connectivity index (χ4n) is 5.62. The molecule has 0 aliphatic heterocycles. The van der Waals surface area contributed by atoms with Crippen LogP contribution in [0.15, 0.2) is 0 Å². The molecule has 0 saturated heterocycles. The zero-order valence-electron chi connectivity index (χ0n) is 26.8. The molecule has 0 aliphatic rings. The Kier molecular flexibility index (Phi) is 30.5. The Morgan fingerprint density at radius 3 is 1.29 bits per heavy atom. The lowest BCUT2D eigenvalue weighted by molar-refractivity contribution is -0.143.